The van der Waals surface area contributed by atoms with Crippen molar-refractivity contribution in [3.8, 4) is 0 Å². The van der Waals surface area contributed by atoms with Gasteiger partial charge in [-0.2, -0.15) is 0 Å². The quantitative estimate of drug-likeness (QED) is 0.566. The molecular formula is C18H22N4O6. The van der Waals surface area contributed by atoms with Gasteiger partial charge in [0.1, 0.15) is 0 Å². The van der Waals surface area contributed by atoms with Crippen LogP contribution in [0.1, 0.15) is 12.8 Å². The third-order valence-corrected chi connectivity index (χ3v) is 5.38. The first-order chi connectivity index (χ1) is 13.5. The van der Waals surface area contributed by atoms with Crippen LogP contribution in [0, 0.1) is 16.0 Å². The van der Waals surface area contributed by atoms with E-state index in [1.165, 1.54) is 22.8 Å². The lowest BCUT2D eigenvalue weighted by Gasteiger charge is -2.36. The SMILES string of the molecule is O=C([C@H]1CCCN(Cn2c(=O)oc3ccc([N+](=O)[O-])cc32)C1)N1CCOCC1. The van der Waals surface area contributed by atoms with Crippen molar-refractivity contribution in [1.82, 2.24) is 14.4 Å². The molecule has 2 aliphatic rings. The monoisotopic (exact) mass is 390 g/mol. The molecular weight excluding hydrogens is 368 g/mol. The van der Waals surface area contributed by atoms with Gasteiger partial charge >= 0.3 is 5.76 Å². The number of likely N-dealkylation sites (tertiary alicyclic amines) is 1. The van der Waals surface area contributed by atoms with Gasteiger partial charge in [0, 0.05) is 31.8 Å². The first-order valence-corrected chi connectivity index (χ1v) is 9.39. The fraction of sp³-hybridized carbons (Fsp3) is 0.556. The fourth-order valence-electron chi connectivity index (χ4n) is 3.93. The standard InChI is InChI=1S/C18H22N4O6/c23-17(20-6-8-27-9-7-20)13-2-1-5-19(11-13)12-21-15-10-14(22(25)26)3-4-16(15)28-18(21)24/h3-4,10,13H,1-2,5-9,11-12H2/t13-/m0/s1. The van der Waals surface area contributed by atoms with Crippen molar-refractivity contribution >= 4 is 22.7 Å². The number of fused-ring (bicyclic) bond motifs is 1. The van der Waals surface area contributed by atoms with Crippen molar-refractivity contribution in [3.05, 3.63) is 38.9 Å². The lowest BCUT2D eigenvalue weighted by Crippen LogP contribution is -2.48. The van der Waals surface area contributed by atoms with Crippen LogP contribution in [0.15, 0.2) is 27.4 Å². The van der Waals surface area contributed by atoms with E-state index >= 15 is 0 Å². The Morgan fingerprint density at radius 3 is 2.79 bits per heavy atom. The maximum Gasteiger partial charge on any atom is 0.421 e. The van der Waals surface area contributed by atoms with Gasteiger partial charge in [0.2, 0.25) is 5.91 Å². The molecule has 3 heterocycles. The van der Waals surface area contributed by atoms with Crippen molar-refractivity contribution in [2.24, 2.45) is 5.92 Å². The van der Waals surface area contributed by atoms with E-state index in [0.29, 0.717) is 43.9 Å². The number of piperidine rings is 1. The van der Waals surface area contributed by atoms with E-state index in [9.17, 15) is 19.7 Å². The fourth-order valence-corrected chi connectivity index (χ4v) is 3.93. The van der Waals surface area contributed by atoms with Gasteiger partial charge in [-0.25, -0.2) is 4.79 Å². The van der Waals surface area contributed by atoms with Gasteiger partial charge in [-0.3, -0.25) is 24.4 Å². The van der Waals surface area contributed by atoms with E-state index in [2.05, 4.69) is 0 Å². The number of aromatic nitrogens is 1. The normalized spacial score (nSPS) is 21.1. The molecule has 0 radical (unpaired) electrons. The summed E-state index contributed by atoms with van der Waals surface area (Å²) in [5.41, 5.74) is 0.607. The van der Waals surface area contributed by atoms with Crippen LogP contribution in [0.3, 0.4) is 0 Å². The summed E-state index contributed by atoms with van der Waals surface area (Å²) in [6, 6.07) is 4.10. The molecule has 10 heteroatoms. The summed E-state index contributed by atoms with van der Waals surface area (Å²) < 4.78 is 11.9. The summed E-state index contributed by atoms with van der Waals surface area (Å²) in [4.78, 5) is 39.5. The Kier molecular flexibility index (Phi) is 5.14. The van der Waals surface area contributed by atoms with Gasteiger partial charge < -0.3 is 14.1 Å². The number of benzene rings is 1. The summed E-state index contributed by atoms with van der Waals surface area (Å²) in [5.74, 6) is -0.541. The van der Waals surface area contributed by atoms with Crippen molar-refractivity contribution in [2.45, 2.75) is 19.5 Å². The van der Waals surface area contributed by atoms with Crippen molar-refractivity contribution in [1.29, 1.82) is 0 Å². The van der Waals surface area contributed by atoms with Crippen LogP contribution in [-0.2, 0) is 16.2 Å². The zero-order chi connectivity index (χ0) is 19.7. The molecule has 0 unspecified atom stereocenters. The molecule has 0 aliphatic carbocycles. The predicted octanol–water partition coefficient (Wildman–Crippen LogP) is 1.03. The van der Waals surface area contributed by atoms with Gasteiger partial charge in [0.25, 0.3) is 5.69 Å². The van der Waals surface area contributed by atoms with Crippen LogP contribution >= 0.6 is 0 Å². The number of rotatable bonds is 4. The number of ether oxygens (including phenoxy) is 1. The van der Waals surface area contributed by atoms with Gasteiger partial charge in [-0.05, 0) is 25.5 Å². The van der Waals surface area contributed by atoms with Gasteiger partial charge in [-0.15, -0.1) is 0 Å². The molecule has 28 heavy (non-hydrogen) atoms. The number of nitro groups is 1. The second-order valence-corrected chi connectivity index (χ2v) is 7.20. The van der Waals surface area contributed by atoms with Crippen molar-refractivity contribution < 1.29 is 18.9 Å². The highest BCUT2D eigenvalue weighted by atomic mass is 16.6. The number of carbonyl (C=O) groups excluding carboxylic acids is 1. The van der Waals surface area contributed by atoms with E-state index in [4.69, 9.17) is 9.15 Å². The number of morpholine rings is 1. The summed E-state index contributed by atoms with van der Waals surface area (Å²) in [5, 5.41) is 11.0. The maximum atomic E-state index is 12.8. The molecule has 2 saturated heterocycles. The molecule has 1 amide bonds. The molecule has 0 bridgehead atoms. The van der Waals surface area contributed by atoms with Crippen LogP contribution in [0.2, 0.25) is 0 Å². The summed E-state index contributed by atoms with van der Waals surface area (Å²) >= 11 is 0. The predicted molar refractivity (Wildman–Crippen MR) is 98.8 cm³/mol. The van der Waals surface area contributed by atoms with E-state index in [1.807, 2.05) is 9.80 Å². The zero-order valence-electron chi connectivity index (χ0n) is 15.4. The molecule has 1 aromatic carbocycles. The summed E-state index contributed by atoms with van der Waals surface area (Å²) in [7, 11) is 0. The number of amides is 1. The average molecular weight is 390 g/mol. The minimum Gasteiger partial charge on any atom is -0.408 e. The van der Waals surface area contributed by atoms with Gasteiger partial charge in [0.05, 0.1) is 36.2 Å². The number of oxazole rings is 1. The minimum absolute atomic E-state index is 0.0962. The molecule has 4 rings (SSSR count). The number of non-ortho nitro benzene ring substituents is 1. The average Bonchev–Trinajstić information content (AvgIpc) is 3.03. The Hall–Kier alpha value is -2.72. The Balaban J connectivity index is 1.51. The van der Waals surface area contributed by atoms with Crippen LogP contribution in [-0.4, -0.2) is 64.6 Å². The number of nitrogens with zero attached hydrogens (tertiary/aromatic N) is 4. The second-order valence-electron chi connectivity index (χ2n) is 7.20. The number of carbonyl (C=O) groups is 1. The molecule has 150 valence electrons. The molecule has 2 aromatic rings. The smallest absolute Gasteiger partial charge is 0.408 e. The Labute approximate surface area is 160 Å². The topological polar surface area (TPSA) is 111 Å². The highest BCUT2D eigenvalue weighted by molar-refractivity contribution is 5.79. The number of hydrogen-bond donors (Lipinski definition) is 0. The molecule has 0 saturated carbocycles. The molecule has 1 aromatic heterocycles. The van der Waals surface area contributed by atoms with Gasteiger partial charge in [-0.1, -0.05) is 0 Å². The van der Waals surface area contributed by atoms with Gasteiger partial charge in [0.15, 0.2) is 5.58 Å². The van der Waals surface area contributed by atoms with Crippen LogP contribution in [0.5, 0.6) is 0 Å². The molecule has 2 aliphatic heterocycles. The third-order valence-electron chi connectivity index (χ3n) is 5.38. The highest BCUT2D eigenvalue weighted by Crippen LogP contribution is 2.23. The number of nitro benzene ring substituents is 1. The third kappa shape index (κ3) is 3.65. The maximum absolute atomic E-state index is 12.8. The number of hydrogen-bond acceptors (Lipinski definition) is 7. The van der Waals surface area contributed by atoms with Crippen LogP contribution < -0.4 is 5.76 Å². The van der Waals surface area contributed by atoms with E-state index in [-0.39, 0.29) is 24.2 Å². The van der Waals surface area contributed by atoms with Crippen LogP contribution in [0.4, 0.5) is 5.69 Å². The summed E-state index contributed by atoms with van der Waals surface area (Å²) in [6.07, 6.45) is 1.67. The lowest BCUT2D eigenvalue weighted by molar-refractivity contribution is -0.384. The molecule has 0 spiro atoms. The molecule has 10 nitrogen and oxygen atoms in total. The first-order valence-electron chi connectivity index (χ1n) is 9.39. The molecule has 2 fully saturated rings. The largest absolute Gasteiger partial charge is 0.421 e. The minimum atomic E-state index is -0.558. The Morgan fingerprint density at radius 2 is 2.04 bits per heavy atom. The van der Waals surface area contributed by atoms with E-state index in [0.717, 1.165) is 19.4 Å². The first kappa shape index (κ1) is 18.6. The molecule has 0 N–H and O–H groups in total. The summed E-state index contributed by atoms with van der Waals surface area (Å²) in [6.45, 7) is 3.90. The lowest BCUT2D eigenvalue weighted by atomic mass is 9.96. The molecule has 1 atom stereocenters. The highest BCUT2D eigenvalue weighted by Gasteiger charge is 2.30. The Bertz CT molecular complexity index is 945. The van der Waals surface area contributed by atoms with Crippen LogP contribution in [0.25, 0.3) is 11.1 Å². The van der Waals surface area contributed by atoms with E-state index < -0.39 is 10.7 Å². The zero-order valence-corrected chi connectivity index (χ0v) is 15.4. The van der Waals surface area contributed by atoms with E-state index in [1.54, 1.807) is 0 Å². The Morgan fingerprint density at radius 1 is 1.25 bits per heavy atom. The second kappa shape index (κ2) is 7.72. The van der Waals surface area contributed by atoms with Crippen molar-refractivity contribution in [3.63, 3.8) is 0 Å². The van der Waals surface area contributed by atoms with Crippen molar-refractivity contribution in [2.75, 3.05) is 39.4 Å².